The number of carbonyl (C=O) groups is 1. The summed E-state index contributed by atoms with van der Waals surface area (Å²) in [6.45, 7) is 0.863. The number of nitrogens with zero attached hydrogens (tertiary/aromatic N) is 3. The second kappa shape index (κ2) is 7.23. The van der Waals surface area contributed by atoms with E-state index in [-0.39, 0.29) is 37.0 Å². The topological polar surface area (TPSA) is 81.5 Å². The van der Waals surface area contributed by atoms with Crippen LogP contribution in [0.25, 0.3) is 0 Å². The predicted molar refractivity (Wildman–Crippen MR) is 92.2 cm³/mol. The van der Waals surface area contributed by atoms with Gasteiger partial charge in [-0.3, -0.25) is 4.79 Å². The molecule has 26 heavy (non-hydrogen) atoms. The summed E-state index contributed by atoms with van der Waals surface area (Å²) in [6, 6.07) is 13.0. The zero-order chi connectivity index (χ0) is 18.7. The highest BCUT2D eigenvalue weighted by molar-refractivity contribution is 7.89. The lowest BCUT2D eigenvalue weighted by Crippen LogP contribution is -2.50. The van der Waals surface area contributed by atoms with Gasteiger partial charge in [-0.15, -0.1) is 0 Å². The van der Waals surface area contributed by atoms with Crippen LogP contribution < -0.4 is 0 Å². The van der Waals surface area contributed by atoms with Crippen LogP contribution in [0.5, 0.6) is 0 Å². The summed E-state index contributed by atoms with van der Waals surface area (Å²) >= 11 is 0. The molecule has 2 aromatic rings. The van der Waals surface area contributed by atoms with Crippen LogP contribution in [0.2, 0.25) is 0 Å². The number of benzene rings is 2. The van der Waals surface area contributed by atoms with Gasteiger partial charge in [0.05, 0.1) is 16.5 Å². The number of piperazine rings is 1. The molecule has 1 heterocycles. The van der Waals surface area contributed by atoms with E-state index in [4.69, 9.17) is 5.26 Å². The molecule has 134 valence electrons. The largest absolute Gasteiger partial charge is 0.336 e. The Balaban J connectivity index is 1.67. The Bertz CT molecular complexity index is 943. The van der Waals surface area contributed by atoms with Crippen LogP contribution in [-0.2, 0) is 10.0 Å². The Morgan fingerprint density at radius 1 is 0.962 bits per heavy atom. The molecule has 2 aromatic carbocycles. The van der Waals surface area contributed by atoms with E-state index in [1.165, 1.54) is 16.4 Å². The molecular weight excluding hydrogens is 357 g/mol. The third-order valence-electron chi connectivity index (χ3n) is 4.24. The maximum absolute atomic E-state index is 13.0. The van der Waals surface area contributed by atoms with Crippen molar-refractivity contribution in [3.63, 3.8) is 0 Å². The van der Waals surface area contributed by atoms with Crippen LogP contribution in [-0.4, -0.2) is 49.7 Å². The first-order chi connectivity index (χ1) is 12.4. The molecule has 0 spiro atoms. The molecule has 0 unspecified atom stereocenters. The van der Waals surface area contributed by atoms with Crippen LogP contribution >= 0.6 is 0 Å². The van der Waals surface area contributed by atoms with Gasteiger partial charge in [0, 0.05) is 31.7 Å². The quantitative estimate of drug-likeness (QED) is 0.822. The summed E-state index contributed by atoms with van der Waals surface area (Å²) in [5.74, 6) is -0.699. The molecule has 1 aliphatic heterocycles. The Hall–Kier alpha value is -2.76. The van der Waals surface area contributed by atoms with Crippen molar-refractivity contribution in [1.29, 1.82) is 5.26 Å². The van der Waals surface area contributed by atoms with Crippen LogP contribution in [0.15, 0.2) is 53.4 Å². The minimum Gasteiger partial charge on any atom is -0.336 e. The zero-order valence-corrected chi connectivity index (χ0v) is 14.6. The lowest BCUT2D eigenvalue weighted by molar-refractivity contribution is 0.0698. The number of sulfonamides is 1. The number of hydrogen-bond donors (Lipinski definition) is 0. The monoisotopic (exact) mass is 373 g/mol. The first-order valence-corrected chi connectivity index (χ1v) is 9.41. The summed E-state index contributed by atoms with van der Waals surface area (Å²) < 4.78 is 39.5. The van der Waals surface area contributed by atoms with E-state index in [1.54, 1.807) is 29.2 Å². The van der Waals surface area contributed by atoms with E-state index in [0.717, 1.165) is 12.1 Å². The van der Waals surface area contributed by atoms with Gasteiger partial charge in [-0.25, -0.2) is 12.8 Å². The van der Waals surface area contributed by atoms with Crippen molar-refractivity contribution in [3.8, 4) is 6.07 Å². The van der Waals surface area contributed by atoms with Crippen molar-refractivity contribution in [3.05, 3.63) is 65.5 Å². The van der Waals surface area contributed by atoms with Crippen LogP contribution in [0.1, 0.15) is 15.9 Å². The molecule has 0 aliphatic carbocycles. The maximum atomic E-state index is 13.0. The van der Waals surface area contributed by atoms with Gasteiger partial charge in [-0.05, 0) is 48.5 Å². The highest BCUT2D eigenvalue weighted by Gasteiger charge is 2.30. The zero-order valence-electron chi connectivity index (χ0n) is 13.8. The Morgan fingerprint density at radius 2 is 1.54 bits per heavy atom. The minimum absolute atomic E-state index is 0.0331. The molecule has 0 radical (unpaired) electrons. The van der Waals surface area contributed by atoms with Crippen LogP contribution in [0.4, 0.5) is 4.39 Å². The second-order valence-corrected chi connectivity index (χ2v) is 7.78. The predicted octanol–water partition coefficient (Wildman–Crippen LogP) is 1.84. The SMILES string of the molecule is N#Cc1ccc(C(=O)N2CCN(S(=O)(=O)c3ccc(F)cc3)CC2)cc1. The number of nitriles is 1. The fraction of sp³-hybridized carbons (Fsp3) is 0.222. The minimum atomic E-state index is -3.71. The molecule has 1 amide bonds. The van der Waals surface area contributed by atoms with Gasteiger partial charge in [0.25, 0.3) is 5.91 Å². The van der Waals surface area contributed by atoms with E-state index >= 15 is 0 Å². The maximum Gasteiger partial charge on any atom is 0.253 e. The normalized spacial score (nSPS) is 15.5. The summed E-state index contributed by atoms with van der Waals surface area (Å²) in [5, 5.41) is 8.80. The molecule has 3 rings (SSSR count). The molecule has 0 saturated carbocycles. The lowest BCUT2D eigenvalue weighted by atomic mass is 10.1. The number of amides is 1. The number of hydrogen-bond acceptors (Lipinski definition) is 4. The van der Waals surface area contributed by atoms with Crippen molar-refractivity contribution in [2.45, 2.75) is 4.90 Å². The molecule has 0 atom stereocenters. The summed E-state index contributed by atoms with van der Waals surface area (Å²) in [5.41, 5.74) is 0.926. The Labute approximate surface area is 151 Å². The second-order valence-electron chi connectivity index (χ2n) is 5.84. The third-order valence-corrected chi connectivity index (χ3v) is 6.15. The average molecular weight is 373 g/mol. The number of rotatable bonds is 3. The van der Waals surface area contributed by atoms with Gasteiger partial charge in [-0.1, -0.05) is 0 Å². The summed E-state index contributed by atoms with van der Waals surface area (Å²) in [7, 11) is -3.71. The van der Waals surface area contributed by atoms with Gasteiger partial charge in [0.2, 0.25) is 10.0 Å². The first kappa shape index (κ1) is 18.0. The molecule has 0 N–H and O–H groups in total. The Morgan fingerprint density at radius 3 is 2.08 bits per heavy atom. The van der Waals surface area contributed by atoms with Gasteiger partial charge < -0.3 is 4.90 Å². The van der Waals surface area contributed by atoms with E-state index in [1.807, 2.05) is 6.07 Å². The van der Waals surface area contributed by atoms with Crippen molar-refractivity contribution in [2.24, 2.45) is 0 Å². The molecule has 0 bridgehead atoms. The van der Waals surface area contributed by atoms with Crippen LogP contribution in [0.3, 0.4) is 0 Å². The molecule has 6 nitrogen and oxygen atoms in total. The van der Waals surface area contributed by atoms with E-state index in [9.17, 15) is 17.6 Å². The fourth-order valence-corrected chi connectivity index (χ4v) is 4.18. The number of carbonyl (C=O) groups excluding carboxylic acids is 1. The molecule has 1 aliphatic rings. The summed E-state index contributed by atoms with van der Waals surface area (Å²) in [6.07, 6.45) is 0. The first-order valence-electron chi connectivity index (χ1n) is 7.97. The Kier molecular flexibility index (Phi) is 5.02. The summed E-state index contributed by atoms with van der Waals surface area (Å²) in [4.78, 5) is 14.1. The van der Waals surface area contributed by atoms with E-state index < -0.39 is 15.8 Å². The van der Waals surface area contributed by atoms with E-state index in [2.05, 4.69) is 0 Å². The molecule has 1 saturated heterocycles. The standard InChI is InChI=1S/C18H16FN3O3S/c19-16-5-7-17(8-6-16)26(24,25)22-11-9-21(10-12-22)18(23)15-3-1-14(13-20)2-4-15/h1-8H,9-12H2. The fourth-order valence-electron chi connectivity index (χ4n) is 2.76. The number of halogens is 1. The van der Waals surface area contributed by atoms with Gasteiger partial charge in [0.1, 0.15) is 5.82 Å². The smallest absolute Gasteiger partial charge is 0.253 e. The third kappa shape index (κ3) is 3.59. The average Bonchev–Trinajstić information content (AvgIpc) is 2.68. The van der Waals surface area contributed by atoms with Crippen molar-refractivity contribution in [1.82, 2.24) is 9.21 Å². The van der Waals surface area contributed by atoms with Gasteiger partial charge in [0.15, 0.2) is 0 Å². The van der Waals surface area contributed by atoms with E-state index in [0.29, 0.717) is 11.1 Å². The highest BCUT2D eigenvalue weighted by Crippen LogP contribution is 2.19. The highest BCUT2D eigenvalue weighted by atomic mass is 32.2. The van der Waals surface area contributed by atoms with Gasteiger partial charge >= 0.3 is 0 Å². The molecule has 0 aromatic heterocycles. The molecular formula is C18H16FN3O3S. The van der Waals surface area contributed by atoms with Crippen molar-refractivity contribution in [2.75, 3.05) is 26.2 Å². The van der Waals surface area contributed by atoms with Crippen molar-refractivity contribution < 1.29 is 17.6 Å². The molecule has 1 fully saturated rings. The van der Waals surface area contributed by atoms with Crippen molar-refractivity contribution >= 4 is 15.9 Å². The van der Waals surface area contributed by atoms with Crippen LogP contribution in [0, 0.1) is 17.1 Å². The molecule has 8 heteroatoms. The van der Waals surface area contributed by atoms with Gasteiger partial charge in [-0.2, -0.15) is 9.57 Å². The lowest BCUT2D eigenvalue weighted by Gasteiger charge is -2.34.